The van der Waals surface area contributed by atoms with Gasteiger partial charge in [-0.15, -0.1) is 0 Å². The van der Waals surface area contributed by atoms with Gasteiger partial charge in [-0.05, 0) is 0 Å². The van der Waals surface area contributed by atoms with Gasteiger partial charge in [0.25, 0.3) is 0 Å². The van der Waals surface area contributed by atoms with E-state index in [1.54, 1.807) is 31.8 Å². The molecule has 58 heavy (non-hydrogen) atoms. The second kappa shape index (κ2) is 23.3. The molecule has 0 spiro atoms. The number of hydrogen-bond donors (Lipinski definition) is 0. The van der Waals surface area contributed by atoms with E-state index in [1.165, 1.54) is 95.5 Å². The fraction of sp³-hybridized carbons (Fsp3) is 0.333. The molecule has 312 valence electrons. The molecular formula is C54H72P3Rh. The second-order valence-corrected chi connectivity index (χ2v) is 51.4. The van der Waals surface area contributed by atoms with Gasteiger partial charge in [-0.25, -0.2) is 0 Å². The predicted molar refractivity (Wildman–Crippen MR) is 268 cm³/mol. The quantitative estimate of drug-likeness (QED) is 0.0322. The van der Waals surface area contributed by atoms with Crippen LogP contribution in [0.4, 0.5) is 0 Å². The van der Waals surface area contributed by atoms with E-state index in [9.17, 15) is 0 Å². The monoisotopic (exact) mass is 916 g/mol. The van der Waals surface area contributed by atoms with E-state index in [0.717, 1.165) is 0 Å². The van der Waals surface area contributed by atoms with E-state index in [4.69, 9.17) is 0 Å². The molecule has 0 saturated carbocycles. The first-order chi connectivity index (χ1) is 28.7. The van der Waals surface area contributed by atoms with E-state index >= 15 is 0 Å². The molecule has 0 unspecified atom stereocenters. The van der Waals surface area contributed by atoms with Crippen molar-refractivity contribution in [3.05, 3.63) is 182 Å². The molecule has 0 fully saturated rings. The van der Waals surface area contributed by atoms with Gasteiger partial charge in [-0.2, -0.15) is 0 Å². The van der Waals surface area contributed by atoms with Crippen LogP contribution in [0.1, 0.15) is 97.8 Å². The minimum atomic E-state index is -2.61. The summed E-state index contributed by atoms with van der Waals surface area (Å²) < 4.78 is 0. The Hall–Kier alpha value is -2.77. The Labute approximate surface area is 359 Å². The third-order valence-corrected chi connectivity index (χ3v) is 79.4. The Bertz CT molecular complexity index is 1640. The van der Waals surface area contributed by atoms with Crippen molar-refractivity contribution in [1.29, 1.82) is 0 Å². The molecule has 0 aliphatic carbocycles. The summed E-state index contributed by atoms with van der Waals surface area (Å²) in [4.78, 5) is 0. The van der Waals surface area contributed by atoms with Crippen LogP contribution in [0.3, 0.4) is 0 Å². The Morgan fingerprint density at radius 2 is 0.448 bits per heavy atom. The van der Waals surface area contributed by atoms with Gasteiger partial charge in [-0.3, -0.25) is 0 Å². The Morgan fingerprint density at radius 1 is 0.259 bits per heavy atom. The maximum absolute atomic E-state index is 2.63. The summed E-state index contributed by atoms with van der Waals surface area (Å²) in [5.41, 5.74) is -7.84. The fourth-order valence-corrected chi connectivity index (χ4v) is 107. The molecule has 0 saturated heterocycles. The molecular weight excluding hydrogens is 844 g/mol. The van der Waals surface area contributed by atoms with Crippen LogP contribution in [-0.4, -0.2) is 18.5 Å². The molecule has 0 aromatic heterocycles. The van der Waals surface area contributed by atoms with Gasteiger partial charge < -0.3 is 0 Å². The van der Waals surface area contributed by atoms with Crippen LogP contribution in [0, 0.1) is 0 Å². The average molecular weight is 917 g/mol. The van der Waals surface area contributed by atoms with Gasteiger partial charge >= 0.3 is 361 Å². The Balaban J connectivity index is 1.90. The van der Waals surface area contributed by atoms with Crippen molar-refractivity contribution in [3.8, 4) is 0 Å². The van der Waals surface area contributed by atoms with Crippen molar-refractivity contribution >= 4 is 48.6 Å². The van der Waals surface area contributed by atoms with E-state index in [0.29, 0.717) is 0 Å². The van der Waals surface area contributed by atoms with Crippen LogP contribution in [0.5, 0.6) is 0 Å². The number of benzene rings is 6. The van der Waals surface area contributed by atoms with Crippen LogP contribution >= 0.6 is 16.8 Å². The topological polar surface area (TPSA) is 0 Å². The summed E-state index contributed by atoms with van der Waals surface area (Å²) in [6.07, 6.45) is 19.6. The first kappa shape index (κ1) is 44.8. The standard InChI is InChI=1S/3C18H23P.Rh/c3*1-2-3-4-11-16-19(17-12-7-5-8-13-17)18-14-9-6-10-15-18;/h3*5-10,12-15H,2-4,11,16H2,1H3;/q;;;-3/p+3. The van der Waals surface area contributed by atoms with E-state index < -0.39 is 31.3 Å². The predicted octanol–water partition coefficient (Wildman–Crippen LogP) is 13.3. The average Bonchev–Trinajstić information content (AvgIpc) is 3.30. The molecule has 0 atom stereocenters. The molecule has 0 aliphatic rings. The summed E-state index contributed by atoms with van der Waals surface area (Å²) in [7, 11) is 0. The fourth-order valence-electron chi connectivity index (χ4n) is 9.45. The molecule has 0 radical (unpaired) electrons. The van der Waals surface area contributed by atoms with Crippen LogP contribution in [0.15, 0.2) is 182 Å². The molecule has 4 heteroatoms. The Kier molecular flexibility index (Phi) is 18.0. The molecule has 6 aromatic carbocycles. The second-order valence-electron chi connectivity index (χ2n) is 16.2. The first-order valence-electron chi connectivity index (χ1n) is 22.6. The first-order valence-corrected chi connectivity index (χ1v) is 36.1. The SMILES string of the molecule is CCCCCC[PH](c1ccccc1)(c1ccccc1)[Rh]([PH](CCCCCC)(c1ccccc1)c1ccccc1)[PH](CCCCCC)(c1ccccc1)c1ccccc1. The molecule has 0 nitrogen and oxygen atoms in total. The third-order valence-electron chi connectivity index (χ3n) is 12.3. The molecule has 0 bridgehead atoms. The number of hydrogen-bond acceptors (Lipinski definition) is 0. The zero-order valence-electron chi connectivity index (χ0n) is 35.8. The molecule has 0 amide bonds. The van der Waals surface area contributed by atoms with Crippen molar-refractivity contribution in [2.45, 2.75) is 97.8 Å². The van der Waals surface area contributed by atoms with E-state index in [2.05, 4.69) is 203 Å². The molecule has 0 heterocycles. The van der Waals surface area contributed by atoms with Gasteiger partial charge in [0.05, 0.1) is 0 Å². The van der Waals surface area contributed by atoms with Gasteiger partial charge in [0.15, 0.2) is 0 Å². The maximum atomic E-state index is 2.63. The van der Waals surface area contributed by atoms with Gasteiger partial charge in [0, 0.05) is 0 Å². The minimum absolute atomic E-state index is 1.26. The zero-order valence-corrected chi connectivity index (χ0v) is 40.4. The molecule has 6 aromatic rings. The van der Waals surface area contributed by atoms with Crippen molar-refractivity contribution < 1.29 is 14.5 Å². The van der Waals surface area contributed by atoms with E-state index in [-0.39, 0.29) is 0 Å². The zero-order chi connectivity index (χ0) is 40.4. The van der Waals surface area contributed by atoms with Crippen molar-refractivity contribution in [3.63, 3.8) is 0 Å². The molecule has 0 N–H and O–H groups in total. The third kappa shape index (κ3) is 10.0. The summed E-state index contributed by atoms with van der Waals surface area (Å²) in [6, 6.07) is 74.2. The number of unbranched alkanes of at least 4 members (excludes halogenated alkanes) is 9. The molecule has 6 rings (SSSR count). The van der Waals surface area contributed by atoms with Gasteiger partial charge in [0.2, 0.25) is 0 Å². The number of rotatable bonds is 24. The van der Waals surface area contributed by atoms with Gasteiger partial charge in [0.1, 0.15) is 0 Å². The summed E-state index contributed by atoms with van der Waals surface area (Å²) in [5.74, 6) is 0. The Morgan fingerprint density at radius 3 is 0.621 bits per heavy atom. The van der Waals surface area contributed by atoms with Crippen molar-refractivity contribution in [1.82, 2.24) is 0 Å². The summed E-state index contributed by atoms with van der Waals surface area (Å²) in [5, 5.41) is 10.2. The van der Waals surface area contributed by atoms with Crippen LogP contribution in [0.2, 0.25) is 0 Å². The van der Waals surface area contributed by atoms with Crippen molar-refractivity contribution in [2.24, 2.45) is 0 Å². The van der Waals surface area contributed by atoms with Crippen LogP contribution < -0.4 is 31.8 Å². The van der Waals surface area contributed by atoms with Gasteiger partial charge in [-0.1, -0.05) is 0 Å². The normalized spacial score (nSPS) is 13.2. The summed E-state index contributed by atoms with van der Waals surface area (Å²) in [6.45, 7) is 7.15. The van der Waals surface area contributed by atoms with Crippen molar-refractivity contribution in [2.75, 3.05) is 18.5 Å². The van der Waals surface area contributed by atoms with Crippen LogP contribution in [0.25, 0.3) is 0 Å². The molecule has 0 aliphatic heterocycles. The van der Waals surface area contributed by atoms with E-state index in [1.807, 2.05) is 0 Å². The summed E-state index contributed by atoms with van der Waals surface area (Å²) >= 11 is -1.92. The van der Waals surface area contributed by atoms with Crippen LogP contribution in [-0.2, 0) is 14.5 Å².